The van der Waals surface area contributed by atoms with Crippen molar-refractivity contribution in [3.63, 3.8) is 0 Å². The Bertz CT molecular complexity index is 824. The van der Waals surface area contributed by atoms with E-state index in [1.807, 2.05) is 24.7 Å². The summed E-state index contributed by atoms with van der Waals surface area (Å²) in [4.78, 5) is 13.4. The van der Waals surface area contributed by atoms with Gasteiger partial charge in [0, 0.05) is 42.2 Å². The molecule has 1 saturated heterocycles. The third-order valence-electron chi connectivity index (χ3n) is 5.21. The Hall–Kier alpha value is -2.21. The SMILES string of the molecule is C[C@@H]1N=Cc2nc(-c3cncc(CC[C@H]4CCC(F)(F)CN4)c3)ccc21. The first-order chi connectivity index (χ1) is 12.5. The number of pyridine rings is 2. The molecule has 2 aromatic heterocycles. The normalized spacial score (nSPS) is 23.8. The van der Waals surface area contributed by atoms with Crippen LogP contribution in [0.2, 0.25) is 0 Å². The first-order valence-corrected chi connectivity index (χ1v) is 9.10. The summed E-state index contributed by atoms with van der Waals surface area (Å²) in [7, 11) is 0. The van der Waals surface area contributed by atoms with Crippen LogP contribution in [0.15, 0.2) is 35.6 Å². The molecule has 2 aliphatic heterocycles. The highest BCUT2D eigenvalue weighted by molar-refractivity contribution is 5.83. The largest absolute Gasteiger partial charge is 0.308 e. The van der Waals surface area contributed by atoms with E-state index in [0.29, 0.717) is 6.42 Å². The number of aryl methyl sites for hydroxylation is 1. The molecule has 0 aromatic carbocycles. The van der Waals surface area contributed by atoms with E-state index in [1.165, 1.54) is 0 Å². The van der Waals surface area contributed by atoms with Crippen molar-refractivity contribution in [2.75, 3.05) is 6.54 Å². The van der Waals surface area contributed by atoms with Gasteiger partial charge in [-0.3, -0.25) is 9.98 Å². The fourth-order valence-corrected chi connectivity index (χ4v) is 3.59. The van der Waals surface area contributed by atoms with Gasteiger partial charge in [-0.2, -0.15) is 0 Å². The summed E-state index contributed by atoms with van der Waals surface area (Å²) in [5.74, 6) is -2.56. The van der Waals surface area contributed by atoms with Gasteiger partial charge in [0.15, 0.2) is 0 Å². The maximum Gasteiger partial charge on any atom is 0.260 e. The number of fused-ring (bicyclic) bond motifs is 1. The predicted octanol–water partition coefficient (Wildman–Crippen LogP) is 3.96. The summed E-state index contributed by atoms with van der Waals surface area (Å²) in [5.41, 5.74) is 5.03. The molecule has 4 nitrogen and oxygen atoms in total. The van der Waals surface area contributed by atoms with E-state index in [-0.39, 0.29) is 25.0 Å². The number of aliphatic imine (C=N–C) groups is 1. The van der Waals surface area contributed by atoms with Crippen LogP contribution in [0.4, 0.5) is 8.78 Å². The third-order valence-corrected chi connectivity index (χ3v) is 5.21. The molecule has 0 unspecified atom stereocenters. The van der Waals surface area contributed by atoms with Gasteiger partial charge in [0.1, 0.15) is 0 Å². The Kier molecular flexibility index (Phi) is 4.53. The molecule has 136 valence electrons. The van der Waals surface area contributed by atoms with E-state index < -0.39 is 5.92 Å². The minimum Gasteiger partial charge on any atom is -0.308 e. The average Bonchev–Trinajstić information content (AvgIpc) is 3.01. The van der Waals surface area contributed by atoms with E-state index in [0.717, 1.165) is 40.9 Å². The van der Waals surface area contributed by atoms with Gasteiger partial charge in [0.05, 0.1) is 24.0 Å². The van der Waals surface area contributed by atoms with E-state index in [2.05, 4.69) is 34.3 Å². The second-order valence-electron chi connectivity index (χ2n) is 7.22. The van der Waals surface area contributed by atoms with Gasteiger partial charge in [-0.05, 0) is 43.9 Å². The molecule has 1 N–H and O–H groups in total. The number of piperidine rings is 1. The summed E-state index contributed by atoms with van der Waals surface area (Å²) in [6.45, 7) is 1.84. The fraction of sp³-hybridized carbons (Fsp3) is 0.450. The van der Waals surface area contributed by atoms with E-state index >= 15 is 0 Å². The zero-order valence-electron chi connectivity index (χ0n) is 14.8. The van der Waals surface area contributed by atoms with Gasteiger partial charge >= 0.3 is 0 Å². The standard InChI is InChI=1S/C20H22F2N4/c1-13-17-4-5-18(26-19(17)11-24-13)15-8-14(9-23-10-15)2-3-16-6-7-20(21,22)12-25-16/h4-5,8-11,13,16,25H,2-3,6-7,12H2,1H3/t13-,16-/m0/s1. The Balaban J connectivity index is 1.43. The zero-order valence-corrected chi connectivity index (χ0v) is 14.8. The highest BCUT2D eigenvalue weighted by atomic mass is 19.3. The number of aromatic nitrogens is 2. The first-order valence-electron chi connectivity index (χ1n) is 9.10. The van der Waals surface area contributed by atoms with E-state index in [1.54, 1.807) is 0 Å². The molecule has 4 heterocycles. The minimum atomic E-state index is -2.56. The minimum absolute atomic E-state index is 0.0258. The molecule has 0 bridgehead atoms. The van der Waals surface area contributed by atoms with Crippen LogP contribution < -0.4 is 5.32 Å². The van der Waals surface area contributed by atoms with Crippen molar-refractivity contribution in [2.45, 2.75) is 50.6 Å². The lowest BCUT2D eigenvalue weighted by Crippen LogP contribution is -2.45. The van der Waals surface area contributed by atoms with Gasteiger partial charge in [-0.1, -0.05) is 6.07 Å². The molecule has 0 amide bonds. The van der Waals surface area contributed by atoms with Crippen molar-refractivity contribution in [3.05, 3.63) is 47.4 Å². The van der Waals surface area contributed by atoms with Crippen molar-refractivity contribution in [2.24, 2.45) is 4.99 Å². The summed E-state index contributed by atoms with van der Waals surface area (Å²) in [6.07, 6.45) is 7.62. The molecule has 1 fully saturated rings. The number of halogens is 2. The van der Waals surface area contributed by atoms with Crippen LogP contribution in [0.25, 0.3) is 11.3 Å². The molecule has 0 spiro atoms. The number of hydrogen-bond donors (Lipinski definition) is 1. The summed E-state index contributed by atoms with van der Waals surface area (Å²) in [5, 5.41) is 2.96. The van der Waals surface area contributed by atoms with Gasteiger partial charge in [0.25, 0.3) is 5.92 Å². The monoisotopic (exact) mass is 356 g/mol. The summed E-state index contributed by atoms with van der Waals surface area (Å²) in [6, 6.07) is 6.50. The molecule has 26 heavy (non-hydrogen) atoms. The highest BCUT2D eigenvalue weighted by Crippen LogP contribution is 2.28. The second-order valence-corrected chi connectivity index (χ2v) is 7.22. The van der Waals surface area contributed by atoms with Crippen molar-refractivity contribution >= 4 is 6.21 Å². The molecule has 2 aliphatic rings. The molecular formula is C20H22F2N4. The molecule has 6 heteroatoms. The van der Waals surface area contributed by atoms with Crippen LogP contribution in [0.3, 0.4) is 0 Å². The van der Waals surface area contributed by atoms with Crippen molar-refractivity contribution in [1.82, 2.24) is 15.3 Å². The number of alkyl halides is 2. The van der Waals surface area contributed by atoms with Gasteiger partial charge in [-0.15, -0.1) is 0 Å². The maximum atomic E-state index is 13.2. The first kappa shape index (κ1) is 17.2. The van der Waals surface area contributed by atoms with Crippen LogP contribution in [0.1, 0.15) is 49.0 Å². The van der Waals surface area contributed by atoms with Gasteiger partial charge < -0.3 is 5.32 Å². The number of nitrogens with one attached hydrogen (secondary N) is 1. The van der Waals surface area contributed by atoms with E-state index in [9.17, 15) is 8.78 Å². The predicted molar refractivity (Wildman–Crippen MR) is 97.8 cm³/mol. The Morgan fingerprint density at radius 3 is 2.96 bits per heavy atom. The molecule has 0 saturated carbocycles. The topological polar surface area (TPSA) is 50.2 Å². The Morgan fingerprint density at radius 1 is 1.27 bits per heavy atom. The van der Waals surface area contributed by atoms with Crippen LogP contribution in [-0.4, -0.2) is 34.7 Å². The van der Waals surface area contributed by atoms with Crippen LogP contribution in [-0.2, 0) is 6.42 Å². The van der Waals surface area contributed by atoms with Crippen molar-refractivity contribution in [1.29, 1.82) is 0 Å². The molecular weight excluding hydrogens is 334 g/mol. The van der Waals surface area contributed by atoms with Gasteiger partial charge in [0.2, 0.25) is 0 Å². The molecule has 0 radical (unpaired) electrons. The zero-order chi connectivity index (χ0) is 18.1. The second kappa shape index (κ2) is 6.83. The summed E-state index contributed by atoms with van der Waals surface area (Å²) < 4.78 is 26.4. The van der Waals surface area contributed by atoms with E-state index in [4.69, 9.17) is 4.98 Å². The maximum absolute atomic E-state index is 13.2. The highest BCUT2D eigenvalue weighted by Gasteiger charge is 2.34. The van der Waals surface area contributed by atoms with Crippen molar-refractivity contribution in [3.8, 4) is 11.3 Å². The van der Waals surface area contributed by atoms with Gasteiger partial charge in [-0.25, -0.2) is 13.8 Å². The average molecular weight is 356 g/mol. The Labute approximate surface area is 151 Å². The van der Waals surface area contributed by atoms with Crippen LogP contribution in [0, 0.1) is 0 Å². The quantitative estimate of drug-likeness (QED) is 0.902. The molecule has 0 aliphatic carbocycles. The smallest absolute Gasteiger partial charge is 0.260 e. The summed E-state index contributed by atoms with van der Waals surface area (Å²) >= 11 is 0. The molecule has 2 atom stereocenters. The number of nitrogens with zero attached hydrogens (tertiary/aromatic N) is 3. The molecule has 2 aromatic rings. The number of rotatable bonds is 4. The lowest BCUT2D eigenvalue weighted by atomic mass is 9.96. The Morgan fingerprint density at radius 2 is 2.15 bits per heavy atom. The lowest BCUT2D eigenvalue weighted by molar-refractivity contribution is -0.0306. The fourth-order valence-electron chi connectivity index (χ4n) is 3.59. The molecule has 4 rings (SSSR count). The number of hydrogen-bond acceptors (Lipinski definition) is 4. The lowest BCUT2D eigenvalue weighted by Gasteiger charge is -2.29. The van der Waals surface area contributed by atoms with Crippen LogP contribution in [0.5, 0.6) is 0 Å². The van der Waals surface area contributed by atoms with Crippen LogP contribution >= 0.6 is 0 Å². The third kappa shape index (κ3) is 3.65. The van der Waals surface area contributed by atoms with Crippen molar-refractivity contribution < 1.29 is 8.78 Å².